The fraction of sp³-hybridized carbons (Fsp3) is 0.500. The van der Waals surface area contributed by atoms with E-state index in [1.54, 1.807) is 0 Å². The van der Waals surface area contributed by atoms with E-state index in [0.29, 0.717) is 0 Å². The number of halogens is 1. The summed E-state index contributed by atoms with van der Waals surface area (Å²) in [6.07, 6.45) is 2.94. The number of aromatic nitrogens is 3. The van der Waals surface area contributed by atoms with Crippen LogP contribution in [0.15, 0.2) is 22.8 Å². The third-order valence-electron chi connectivity index (χ3n) is 3.53. The maximum absolute atomic E-state index is 4.61. The van der Waals surface area contributed by atoms with Gasteiger partial charge in [0, 0.05) is 17.9 Å². The van der Waals surface area contributed by atoms with E-state index in [0.717, 1.165) is 35.4 Å². The second-order valence-electron chi connectivity index (χ2n) is 5.22. The van der Waals surface area contributed by atoms with Crippen molar-refractivity contribution in [1.82, 2.24) is 20.1 Å². The summed E-state index contributed by atoms with van der Waals surface area (Å²) >= 11 is 3.65. The second kappa shape index (κ2) is 7.18. The Morgan fingerprint density at radius 1 is 1.29 bits per heavy atom. The minimum atomic E-state index is 0.103. The van der Waals surface area contributed by atoms with Crippen LogP contribution in [0, 0.1) is 13.8 Å². The molecular formula is C16H23BrN4. The molecule has 114 valence electrons. The number of hydrogen-bond acceptors (Lipinski definition) is 3. The van der Waals surface area contributed by atoms with Crippen molar-refractivity contribution in [3.05, 3.63) is 45.4 Å². The Kier molecular flexibility index (Phi) is 5.53. The highest BCUT2D eigenvalue weighted by atomic mass is 79.9. The van der Waals surface area contributed by atoms with Gasteiger partial charge in [-0.05, 0) is 54.4 Å². The quantitative estimate of drug-likeness (QED) is 0.862. The van der Waals surface area contributed by atoms with E-state index in [4.69, 9.17) is 0 Å². The van der Waals surface area contributed by atoms with Crippen molar-refractivity contribution >= 4 is 15.9 Å². The van der Waals surface area contributed by atoms with Crippen LogP contribution in [0.1, 0.15) is 49.0 Å². The van der Waals surface area contributed by atoms with Gasteiger partial charge in [-0.25, -0.2) is 0 Å². The average molecular weight is 351 g/mol. The summed E-state index contributed by atoms with van der Waals surface area (Å²) in [7, 11) is 0. The first-order chi connectivity index (χ1) is 10.1. The summed E-state index contributed by atoms with van der Waals surface area (Å²) in [4.78, 5) is 4.61. The van der Waals surface area contributed by atoms with E-state index in [-0.39, 0.29) is 6.04 Å². The molecule has 0 saturated carbocycles. The van der Waals surface area contributed by atoms with Gasteiger partial charge >= 0.3 is 0 Å². The van der Waals surface area contributed by atoms with Crippen molar-refractivity contribution < 1.29 is 0 Å². The van der Waals surface area contributed by atoms with Gasteiger partial charge in [0.2, 0.25) is 0 Å². The summed E-state index contributed by atoms with van der Waals surface area (Å²) in [5.74, 6) is 0. The van der Waals surface area contributed by atoms with E-state index < -0.39 is 0 Å². The van der Waals surface area contributed by atoms with E-state index >= 15 is 0 Å². The minimum Gasteiger partial charge on any atom is -0.305 e. The predicted octanol–water partition coefficient (Wildman–Crippen LogP) is 3.77. The Bertz CT molecular complexity index is 606. The smallest absolute Gasteiger partial charge is 0.0777 e. The highest BCUT2D eigenvalue weighted by molar-refractivity contribution is 9.10. The van der Waals surface area contributed by atoms with Crippen molar-refractivity contribution in [2.24, 2.45) is 0 Å². The SMILES string of the molecule is CCCn1ncc(Br)c1C(NCC)c1ccc(C)nc1C. The number of hydrogen-bond donors (Lipinski definition) is 1. The molecule has 0 amide bonds. The fourth-order valence-electron chi connectivity index (χ4n) is 2.61. The lowest BCUT2D eigenvalue weighted by atomic mass is 10.0. The van der Waals surface area contributed by atoms with Gasteiger partial charge in [0.1, 0.15) is 0 Å². The Hall–Kier alpha value is -1.20. The molecule has 1 atom stereocenters. The zero-order valence-electron chi connectivity index (χ0n) is 13.2. The predicted molar refractivity (Wildman–Crippen MR) is 89.4 cm³/mol. The van der Waals surface area contributed by atoms with Crippen molar-refractivity contribution in [1.29, 1.82) is 0 Å². The summed E-state index contributed by atoms with van der Waals surface area (Å²) < 4.78 is 3.12. The second-order valence-corrected chi connectivity index (χ2v) is 6.07. The fourth-order valence-corrected chi connectivity index (χ4v) is 3.13. The number of nitrogens with one attached hydrogen (secondary N) is 1. The van der Waals surface area contributed by atoms with Crippen LogP contribution in [0.5, 0.6) is 0 Å². The average Bonchev–Trinajstić information content (AvgIpc) is 2.79. The molecule has 2 rings (SSSR count). The number of rotatable bonds is 6. The summed E-state index contributed by atoms with van der Waals surface area (Å²) in [6, 6.07) is 4.34. The summed E-state index contributed by atoms with van der Waals surface area (Å²) in [5, 5.41) is 8.06. The monoisotopic (exact) mass is 350 g/mol. The van der Waals surface area contributed by atoms with Gasteiger partial charge in [0.05, 0.1) is 22.4 Å². The van der Waals surface area contributed by atoms with Crippen molar-refractivity contribution in [3.8, 4) is 0 Å². The molecule has 4 nitrogen and oxygen atoms in total. The molecule has 2 aromatic heterocycles. The van der Waals surface area contributed by atoms with E-state index in [1.165, 1.54) is 11.3 Å². The minimum absolute atomic E-state index is 0.103. The molecule has 0 bridgehead atoms. The third-order valence-corrected chi connectivity index (χ3v) is 4.14. The third kappa shape index (κ3) is 3.52. The first-order valence-electron chi connectivity index (χ1n) is 7.47. The maximum atomic E-state index is 4.61. The van der Waals surface area contributed by atoms with Crippen LogP contribution >= 0.6 is 15.9 Å². The van der Waals surface area contributed by atoms with Gasteiger partial charge in [-0.1, -0.05) is 19.9 Å². The summed E-state index contributed by atoms with van der Waals surface area (Å²) in [6.45, 7) is 10.2. The molecule has 0 aromatic carbocycles. The first kappa shape index (κ1) is 16.2. The molecule has 0 spiro atoms. The first-order valence-corrected chi connectivity index (χ1v) is 8.26. The Labute approximate surface area is 135 Å². The van der Waals surface area contributed by atoms with E-state index in [2.05, 4.69) is 68.9 Å². The topological polar surface area (TPSA) is 42.7 Å². The molecule has 0 saturated heterocycles. The van der Waals surface area contributed by atoms with Gasteiger partial charge in [0.15, 0.2) is 0 Å². The lowest BCUT2D eigenvalue weighted by Gasteiger charge is -2.22. The van der Waals surface area contributed by atoms with E-state index in [9.17, 15) is 0 Å². The Balaban J connectivity index is 2.50. The van der Waals surface area contributed by atoms with Gasteiger partial charge in [-0.3, -0.25) is 9.67 Å². The van der Waals surface area contributed by atoms with Gasteiger partial charge in [-0.2, -0.15) is 5.10 Å². The zero-order chi connectivity index (χ0) is 15.4. The summed E-state index contributed by atoms with van der Waals surface area (Å²) in [5.41, 5.74) is 4.50. The van der Waals surface area contributed by atoms with Crippen molar-refractivity contribution in [3.63, 3.8) is 0 Å². The molecule has 2 heterocycles. The molecule has 2 aromatic rings. The normalized spacial score (nSPS) is 12.6. The lowest BCUT2D eigenvalue weighted by molar-refractivity contribution is 0.517. The highest BCUT2D eigenvalue weighted by Gasteiger charge is 2.22. The van der Waals surface area contributed by atoms with Crippen molar-refractivity contribution in [2.75, 3.05) is 6.54 Å². The van der Waals surface area contributed by atoms with Crippen LogP contribution in [0.4, 0.5) is 0 Å². The molecule has 5 heteroatoms. The maximum Gasteiger partial charge on any atom is 0.0777 e. The van der Waals surface area contributed by atoms with E-state index in [1.807, 2.05) is 13.1 Å². The highest BCUT2D eigenvalue weighted by Crippen LogP contribution is 2.30. The van der Waals surface area contributed by atoms with Crippen LogP contribution in [0.3, 0.4) is 0 Å². The van der Waals surface area contributed by atoms with Gasteiger partial charge in [-0.15, -0.1) is 0 Å². The Morgan fingerprint density at radius 2 is 2.05 bits per heavy atom. The molecular weight excluding hydrogens is 328 g/mol. The standard InChI is InChI=1S/C16H23BrN4/c1-5-9-21-16(14(17)10-19-21)15(18-6-2)13-8-7-11(3)20-12(13)4/h7-8,10,15,18H,5-6,9H2,1-4H3. The Morgan fingerprint density at radius 3 is 2.67 bits per heavy atom. The lowest BCUT2D eigenvalue weighted by Crippen LogP contribution is -2.26. The number of aryl methyl sites for hydroxylation is 3. The van der Waals surface area contributed by atoms with Crippen LogP contribution in [-0.2, 0) is 6.54 Å². The molecule has 0 aliphatic carbocycles. The van der Waals surface area contributed by atoms with Crippen LogP contribution in [0.2, 0.25) is 0 Å². The largest absolute Gasteiger partial charge is 0.305 e. The molecule has 0 aliphatic heterocycles. The number of pyridine rings is 1. The van der Waals surface area contributed by atoms with Crippen LogP contribution < -0.4 is 5.32 Å². The molecule has 0 fully saturated rings. The molecule has 21 heavy (non-hydrogen) atoms. The number of nitrogens with zero attached hydrogens (tertiary/aromatic N) is 3. The molecule has 0 radical (unpaired) electrons. The molecule has 0 aliphatic rings. The van der Waals surface area contributed by atoms with Crippen LogP contribution in [0.25, 0.3) is 0 Å². The van der Waals surface area contributed by atoms with Gasteiger partial charge < -0.3 is 5.32 Å². The van der Waals surface area contributed by atoms with Crippen LogP contribution in [-0.4, -0.2) is 21.3 Å². The molecule has 1 N–H and O–H groups in total. The van der Waals surface area contributed by atoms with Gasteiger partial charge in [0.25, 0.3) is 0 Å². The van der Waals surface area contributed by atoms with Crippen molar-refractivity contribution in [2.45, 2.75) is 46.7 Å². The molecule has 1 unspecified atom stereocenters. The zero-order valence-corrected chi connectivity index (χ0v) is 14.7.